The van der Waals surface area contributed by atoms with Crippen LogP contribution in [0.2, 0.25) is 0 Å². The van der Waals surface area contributed by atoms with E-state index in [1.807, 2.05) is 30.3 Å². The van der Waals surface area contributed by atoms with Gasteiger partial charge in [0.2, 0.25) is 0 Å². The summed E-state index contributed by atoms with van der Waals surface area (Å²) in [6.45, 7) is -0.0472. The molecule has 0 radical (unpaired) electrons. The highest BCUT2D eigenvalue weighted by molar-refractivity contribution is 9.10. The van der Waals surface area contributed by atoms with Crippen molar-refractivity contribution >= 4 is 38.7 Å². The number of alkyl halides is 2. The third-order valence-electron chi connectivity index (χ3n) is 5.13. The summed E-state index contributed by atoms with van der Waals surface area (Å²) in [7, 11) is 0. The van der Waals surface area contributed by atoms with Crippen LogP contribution in [-0.4, -0.2) is 31.5 Å². The third kappa shape index (κ3) is 5.41. The highest BCUT2D eigenvalue weighted by Crippen LogP contribution is 2.29. The second-order valence-electron chi connectivity index (χ2n) is 7.72. The van der Waals surface area contributed by atoms with Gasteiger partial charge in [0.15, 0.2) is 5.82 Å². The lowest BCUT2D eigenvalue weighted by molar-refractivity contribution is -0.187. The number of nitrogens with zero attached hydrogens (tertiary/aromatic N) is 4. The number of rotatable bonds is 8. The molecule has 11 heteroatoms. The molecule has 3 aromatic heterocycles. The lowest BCUT2D eigenvalue weighted by atomic mass is 10.3. The number of carbonyl (C=O) groups excluding carboxylic acids is 1. The summed E-state index contributed by atoms with van der Waals surface area (Å²) in [6.07, 6.45) is -2.44. The summed E-state index contributed by atoms with van der Waals surface area (Å²) in [5.74, 6) is -1.28. The molecule has 0 unspecified atom stereocenters. The molecule has 0 aliphatic rings. The zero-order chi connectivity index (χ0) is 25.8. The maximum absolute atomic E-state index is 14.3. The average Bonchev–Trinajstić information content (AvgIpc) is 3.26. The average molecular weight is 566 g/mol. The first-order valence-electron chi connectivity index (χ1n) is 11.0. The number of amides is 1. The van der Waals surface area contributed by atoms with E-state index in [0.29, 0.717) is 17.0 Å². The predicted octanol–water partition coefficient (Wildman–Crippen LogP) is 5.77. The molecule has 0 saturated carbocycles. The molecule has 1 N–H and O–H groups in total. The number of para-hydroxylation sites is 3. The third-order valence-corrected chi connectivity index (χ3v) is 5.75. The second kappa shape index (κ2) is 10.3. The van der Waals surface area contributed by atoms with E-state index in [9.17, 15) is 13.6 Å². The fraction of sp³-hybridized carbons (Fsp3) is 0.0769. The van der Waals surface area contributed by atoms with Gasteiger partial charge >= 0.3 is 18.0 Å². The first kappa shape index (κ1) is 24.3. The Morgan fingerprint density at radius 1 is 0.946 bits per heavy atom. The zero-order valence-electron chi connectivity index (χ0n) is 19.0. The van der Waals surface area contributed by atoms with Crippen molar-refractivity contribution in [3.05, 3.63) is 101 Å². The number of halogens is 3. The van der Waals surface area contributed by atoms with Crippen LogP contribution in [0, 0.1) is 0 Å². The number of hydrogen-bond donors (Lipinski definition) is 1. The van der Waals surface area contributed by atoms with E-state index in [1.54, 1.807) is 35.0 Å². The molecule has 1 amide bonds. The van der Waals surface area contributed by atoms with Gasteiger partial charge in [0.25, 0.3) is 0 Å². The number of aromatic nitrogens is 4. The molecule has 3 heterocycles. The van der Waals surface area contributed by atoms with Crippen LogP contribution in [0.15, 0.2) is 95.6 Å². The largest absolute Gasteiger partial charge is 0.482 e. The van der Waals surface area contributed by atoms with Gasteiger partial charge in [0.05, 0.1) is 21.2 Å². The summed E-state index contributed by atoms with van der Waals surface area (Å²) in [4.78, 5) is 25.4. The van der Waals surface area contributed by atoms with E-state index in [-0.39, 0.29) is 24.2 Å². The first-order valence-corrected chi connectivity index (χ1v) is 11.8. The second-order valence-corrected chi connectivity index (χ2v) is 8.57. The molecular formula is C26H18BrF2N5O3. The number of hydrogen-bond acceptors (Lipinski definition) is 6. The first-order chi connectivity index (χ1) is 17.9. The fourth-order valence-electron chi connectivity index (χ4n) is 3.49. The van der Waals surface area contributed by atoms with Crippen molar-refractivity contribution < 1.29 is 23.0 Å². The van der Waals surface area contributed by atoms with Crippen LogP contribution < -0.4 is 14.8 Å². The van der Waals surface area contributed by atoms with Crippen molar-refractivity contribution in [2.75, 3.05) is 5.32 Å². The Kier molecular flexibility index (Phi) is 6.78. The molecule has 0 fully saturated rings. The van der Waals surface area contributed by atoms with Crippen LogP contribution in [-0.2, 0) is 11.4 Å². The van der Waals surface area contributed by atoms with Crippen LogP contribution in [0.3, 0.4) is 0 Å². The van der Waals surface area contributed by atoms with Gasteiger partial charge in [-0.2, -0.15) is 13.8 Å². The Bertz CT molecular complexity index is 1560. The van der Waals surface area contributed by atoms with Gasteiger partial charge < -0.3 is 14.8 Å². The number of fused-ring (bicyclic) bond motifs is 1. The van der Waals surface area contributed by atoms with Crippen LogP contribution in [0.5, 0.6) is 11.8 Å². The normalized spacial score (nSPS) is 11.3. The molecule has 186 valence electrons. The van der Waals surface area contributed by atoms with E-state index in [1.165, 1.54) is 30.3 Å². The highest BCUT2D eigenvalue weighted by Gasteiger charge is 2.42. The van der Waals surface area contributed by atoms with Crippen molar-refractivity contribution in [3.63, 3.8) is 0 Å². The molecule has 0 atom stereocenters. The molecular weight excluding hydrogens is 548 g/mol. The minimum atomic E-state index is -4.10. The molecule has 0 bridgehead atoms. The highest BCUT2D eigenvalue weighted by atomic mass is 79.9. The van der Waals surface area contributed by atoms with Crippen molar-refractivity contribution in [1.82, 2.24) is 19.5 Å². The SMILES string of the molecule is O=C(Nc1cccc(COc2nc3ccccc3n2-c2ncccc2Br)n1)C(F)(F)Oc1ccccc1. The van der Waals surface area contributed by atoms with Crippen molar-refractivity contribution in [2.24, 2.45) is 0 Å². The Hall–Kier alpha value is -4.38. The minimum Gasteiger partial charge on any atom is -0.458 e. The molecule has 0 aliphatic heterocycles. The lowest BCUT2D eigenvalue weighted by Crippen LogP contribution is -2.40. The molecule has 5 rings (SSSR count). The van der Waals surface area contributed by atoms with Crippen molar-refractivity contribution in [2.45, 2.75) is 12.7 Å². The fourth-order valence-corrected chi connectivity index (χ4v) is 3.92. The summed E-state index contributed by atoms with van der Waals surface area (Å²) >= 11 is 3.51. The zero-order valence-corrected chi connectivity index (χ0v) is 20.6. The predicted molar refractivity (Wildman–Crippen MR) is 136 cm³/mol. The Labute approximate surface area is 218 Å². The molecule has 2 aromatic carbocycles. The van der Waals surface area contributed by atoms with Gasteiger partial charge in [-0.25, -0.2) is 14.5 Å². The summed E-state index contributed by atoms with van der Waals surface area (Å²) in [5.41, 5.74) is 1.86. The summed E-state index contributed by atoms with van der Waals surface area (Å²) < 4.78 is 41.6. The number of nitrogens with one attached hydrogen (secondary N) is 1. The molecule has 37 heavy (non-hydrogen) atoms. The van der Waals surface area contributed by atoms with E-state index < -0.39 is 12.0 Å². The Balaban J connectivity index is 1.33. The van der Waals surface area contributed by atoms with E-state index >= 15 is 0 Å². The summed E-state index contributed by atoms with van der Waals surface area (Å²) in [5, 5.41) is 2.09. The van der Waals surface area contributed by atoms with Gasteiger partial charge in [-0.1, -0.05) is 36.4 Å². The smallest absolute Gasteiger partial charge is 0.458 e. The molecule has 5 aromatic rings. The number of anilines is 1. The number of carbonyl (C=O) groups is 1. The quantitative estimate of drug-likeness (QED) is 0.257. The van der Waals surface area contributed by atoms with Gasteiger partial charge in [-0.05, 0) is 64.5 Å². The van der Waals surface area contributed by atoms with Gasteiger partial charge in [0, 0.05) is 6.20 Å². The van der Waals surface area contributed by atoms with Gasteiger partial charge in [0.1, 0.15) is 18.2 Å². The van der Waals surface area contributed by atoms with Crippen LogP contribution in [0.25, 0.3) is 16.9 Å². The molecule has 0 spiro atoms. The lowest BCUT2D eigenvalue weighted by Gasteiger charge is -2.17. The van der Waals surface area contributed by atoms with Crippen LogP contribution in [0.1, 0.15) is 5.69 Å². The number of pyridine rings is 2. The number of benzene rings is 2. The Morgan fingerprint density at radius 2 is 1.73 bits per heavy atom. The number of imidazole rings is 1. The standard InChI is InChI=1S/C26H18BrF2N5O3/c27-19-11-7-15-30-23(19)34-21-13-5-4-12-20(21)32-25(34)36-16-17-8-6-14-22(31-17)33-24(35)26(28,29)37-18-9-2-1-3-10-18/h1-15H,16H2,(H,31,33,35). The van der Waals surface area contributed by atoms with Crippen molar-refractivity contribution in [1.29, 1.82) is 0 Å². The minimum absolute atomic E-state index is 0.0472. The maximum Gasteiger partial charge on any atom is 0.482 e. The van der Waals surface area contributed by atoms with E-state index in [0.717, 1.165) is 9.99 Å². The van der Waals surface area contributed by atoms with Crippen LogP contribution in [0.4, 0.5) is 14.6 Å². The van der Waals surface area contributed by atoms with Gasteiger partial charge in [-0.15, -0.1) is 0 Å². The van der Waals surface area contributed by atoms with Crippen LogP contribution >= 0.6 is 15.9 Å². The van der Waals surface area contributed by atoms with Crippen molar-refractivity contribution in [3.8, 4) is 17.6 Å². The monoisotopic (exact) mass is 565 g/mol. The topological polar surface area (TPSA) is 91.2 Å². The number of ether oxygens (including phenoxy) is 2. The van der Waals surface area contributed by atoms with Gasteiger partial charge in [-0.3, -0.25) is 4.79 Å². The maximum atomic E-state index is 14.3. The Morgan fingerprint density at radius 3 is 2.54 bits per heavy atom. The summed E-state index contributed by atoms with van der Waals surface area (Å²) in [6, 6.07) is 23.3. The molecule has 0 saturated heterocycles. The van der Waals surface area contributed by atoms with E-state index in [4.69, 9.17) is 4.74 Å². The molecule has 8 nitrogen and oxygen atoms in total. The van der Waals surface area contributed by atoms with E-state index in [2.05, 4.69) is 40.9 Å². The molecule has 0 aliphatic carbocycles.